The largest absolute Gasteiger partial charge is 0.424 e. The van der Waals surface area contributed by atoms with Crippen molar-refractivity contribution < 1.29 is 4.42 Å². The van der Waals surface area contributed by atoms with Crippen molar-refractivity contribution in [3.63, 3.8) is 0 Å². The van der Waals surface area contributed by atoms with Gasteiger partial charge in [-0.25, -0.2) is 0 Å². The number of nitrogens with zero attached hydrogens (tertiary/aromatic N) is 2. The van der Waals surface area contributed by atoms with Crippen LogP contribution < -0.4 is 5.32 Å². The molecular formula is C10H19N3O. The van der Waals surface area contributed by atoms with Crippen molar-refractivity contribution in [3.8, 4) is 0 Å². The van der Waals surface area contributed by atoms with Crippen molar-refractivity contribution in [1.82, 2.24) is 15.5 Å². The number of nitrogens with one attached hydrogen (secondary N) is 1. The van der Waals surface area contributed by atoms with E-state index in [2.05, 4.69) is 36.3 Å². The zero-order chi connectivity index (χ0) is 10.4. The summed E-state index contributed by atoms with van der Waals surface area (Å²) in [5.74, 6) is 1.83. The average molecular weight is 197 g/mol. The van der Waals surface area contributed by atoms with E-state index in [1.54, 1.807) is 0 Å². The number of rotatable bonds is 6. The molecule has 4 nitrogen and oxygen atoms in total. The molecule has 14 heavy (non-hydrogen) atoms. The third kappa shape index (κ3) is 3.10. The Labute approximate surface area is 85.1 Å². The topological polar surface area (TPSA) is 51.0 Å². The molecule has 1 N–H and O–H groups in total. The maximum atomic E-state index is 5.52. The van der Waals surface area contributed by atoms with E-state index in [9.17, 15) is 0 Å². The molecule has 0 aliphatic heterocycles. The highest BCUT2D eigenvalue weighted by Crippen LogP contribution is 2.18. The van der Waals surface area contributed by atoms with Gasteiger partial charge in [0, 0.05) is 5.92 Å². The lowest BCUT2D eigenvalue weighted by Gasteiger charge is -2.02. The molecule has 0 bridgehead atoms. The van der Waals surface area contributed by atoms with Gasteiger partial charge in [-0.1, -0.05) is 27.2 Å². The molecule has 1 aromatic rings. The van der Waals surface area contributed by atoms with E-state index in [1.807, 2.05) is 0 Å². The highest BCUT2D eigenvalue weighted by atomic mass is 16.4. The maximum absolute atomic E-state index is 5.52. The number of hydrogen-bond donors (Lipinski definition) is 1. The van der Waals surface area contributed by atoms with Gasteiger partial charge in [0.15, 0.2) is 0 Å². The SMILES string of the molecule is CCCC(C)c1nnc(CNCC)o1. The van der Waals surface area contributed by atoms with Crippen LogP contribution in [0, 0.1) is 0 Å². The highest BCUT2D eigenvalue weighted by Gasteiger charge is 2.12. The van der Waals surface area contributed by atoms with Crippen LogP contribution in [0.25, 0.3) is 0 Å². The fourth-order valence-electron chi connectivity index (χ4n) is 1.33. The summed E-state index contributed by atoms with van der Waals surface area (Å²) in [5, 5.41) is 11.2. The molecule has 0 saturated heterocycles. The lowest BCUT2D eigenvalue weighted by atomic mass is 10.1. The van der Waals surface area contributed by atoms with E-state index in [-0.39, 0.29) is 0 Å². The molecule has 1 rings (SSSR count). The summed E-state index contributed by atoms with van der Waals surface area (Å²) in [7, 11) is 0. The van der Waals surface area contributed by atoms with E-state index in [0.717, 1.165) is 25.3 Å². The van der Waals surface area contributed by atoms with Crippen LogP contribution in [0.3, 0.4) is 0 Å². The summed E-state index contributed by atoms with van der Waals surface area (Å²) >= 11 is 0. The lowest BCUT2D eigenvalue weighted by molar-refractivity contribution is 0.404. The molecule has 1 unspecified atom stereocenters. The second-order valence-electron chi connectivity index (χ2n) is 3.50. The second-order valence-corrected chi connectivity index (χ2v) is 3.50. The van der Waals surface area contributed by atoms with Crippen molar-refractivity contribution >= 4 is 0 Å². The van der Waals surface area contributed by atoms with Crippen molar-refractivity contribution in [3.05, 3.63) is 11.8 Å². The molecule has 0 aliphatic carbocycles. The Bertz CT molecular complexity index is 260. The highest BCUT2D eigenvalue weighted by molar-refractivity contribution is 4.88. The van der Waals surface area contributed by atoms with Crippen molar-refractivity contribution in [2.24, 2.45) is 0 Å². The summed E-state index contributed by atoms with van der Waals surface area (Å²) in [6.45, 7) is 7.92. The smallest absolute Gasteiger partial charge is 0.230 e. The molecule has 0 fully saturated rings. The summed E-state index contributed by atoms with van der Waals surface area (Å²) in [4.78, 5) is 0. The minimum absolute atomic E-state index is 0.378. The summed E-state index contributed by atoms with van der Waals surface area (Å²) in [6.07, 6.45) is 2.24. The summed E-state index contributed by atoms with van der Waals surface area (Å²) in [6, 6.07) is 0. The van der Waals surface area contributed by atoms with Crippen LogP contribution in [0.2, 0.25) is 0 Å². The van der Waals surface area contributed by atoms with Gasteiger partial charge in [0.1, 0.15) is 0 Å². The molecule has 0 aromatic carbocycles. The van der Waals surface area contributed by atoms with Gasteiger partial charge in [0.2, 0.25) is 11.8 Å². The third-order valence-electron chi connectivity index (χ3n) is 2.15. The van der Waals surface area contributed by atoms with Gasteiger partial charge in [-0.2, -0.15) is 0 Å². The number of aromatic nitrogens is 2. The van der Waals surface area contributed by atoms with Crippen LogP contribution in [0.1, 0.15) is 51.3 Å². The molecule has 0 amide bonds. The van der Waals surface area contributed by atoms with Gasteiger partial charge >= 0.3 is 0 Å². The zero-order valence-electron chi connectivity index (χ0n) is 9.21. The van der Waals surface area contributed by atoms with Crippen LogP contribution in [0.4, 0.5) is 0 Å². The maximum Gasteiger partial charge on any atom is 0.230 e. The predicted molar refractivity (Wildman–Crippen MR) is 55.0 cm³/mol. The Balaban J connectivity index is 2.49. The van der Waals surface area contributed by atoms with Crippen LogP contribution in [0.15, 0.2) is 4.42 Å². The Hall–Kier alpha value is -0.900. The van der Waals surface area contributed by atoms with Gasteiger partial charge < -0.3 is 9.73 Å². The van der Waals surface area contributed by atoms with Crippen LogP contribution >= 0.6 is 0 Å². The van der Waals surface area contributed by atoms with E-state index in [0.29, 0.717) is 18.4 Å². The molecule has 0 radical (unpaired) electrons. The Kier molecular flexibility index (Phi) is 4.59. The van der Waals surface area contributed by atoms with E-state index in [1.165, 1.54) is 0 Å². The predicted octanol–water partition coefficient (Wildman–Crippen LogP) is 2.08. The Morgan fingerprint density at radius 1 is 1.36 bits per heavy atom. The first kappa shape index (κ1) is 11.2. The first-order valence-electron chi connectivity index (χ1n) is 5.30. The fraction of sp³-hybridized carbons (Fsp3) is 0.800. The molecule has 1 heterocycles. The van der Waals surface area contributed by atoms with Gasteiger partial charge in [-0.15, -0.1) is 10.2 Å². The third-order valence-corrected chi connectivity index (χ3v) is 2.15. The van der Waals surface area contributed by atoms with Crippen LogP contribution in [-0.2, 0) is 6.54 Å². The first-order valence-corrected chi connectivity index (χ1v) is 5.30. The van der Waals surface area contributed by atoms with Gasteiger partial charge in [0.25, 0.3) is 0 Å². The van der Waals surface area contributed by atoms with Gasteiger partial charge in [0.05, 0.1) is 6.54 Å². The number of hydrogen-bond acceptors (Lipinski definition) is 4. The molecular weight excluding hydrogens is 178 g/mol. The average Bonchev–Trinajstić information content (AvgIpc) is 2.63. The standard InChI is InChI=1S/C10H19N3O/c1-4-6-8(3)10-13-12-9(14-10)7-11-5-2/h8,11H,4-7H2,1-3H3. The molecule has 4 heteroatoms. The van der Waals surface area contributed by atoms with E-state index >= 15 is 0 Å². The van der Waals surface area contributed by atoms with Gasteiger partial charge in [-0.05, 0) is 13.0 Å². The van der Waals surface area contributed by atoms with Crippen LogP contribution in [0.5, 0.6) is 0 Å². The van der Waals surface area contributed by atoms with E-state index < -0.39 is 0 Å². The summed E-state index contributed by atoms with van der Waals surface area (Å²) in [5.41, 5.74) is 0. The molecule has 1 atom stereocenters. The van der Waals surface area contributed by atoms with Crippen LogP contribution in [-0.4, -0.2) is 16.7 Å². The minimum Gasteiger partial charge on any atom is -0.424 e. The Morgan fingerprint density at radius 2 is 2.14 bits per heavy atom. The molecule has 80 valence electrons. The first-order chi connectivity index (χ1) is 6.77. The molecule has 1 aromatic heterocycles. The van der Waals surface area contributed by atoms with Gasteiger partial charge in [-0.3, -0.25) is 0 Å². The van der Waals surface area contributed by atoms with E-state index in [4.69, 9.17) is 4.42 Å². The lowest BCUT2D eigenvalue weighted by Crippen LogP contribution is -2.11. The van der Waals surface area contributed by atoms with Crippen molar-refractivity contribution in [2.45, 2.75) is 46.1 Å². The second kappa shape index (κ2) is 5.75. The normalized spacial score (nSPS) is 13.1. The quantitative estimate of drug-likeness (QED) is 0.758. The zero-order valence-corrected chi connectivity index (χ0v) is 9.21. The fourth-order valence-corrected chi connectivity index (χ4v) is 1.33. The molecule has 0 aliphatic rings. The summed E-state index contributed by atoms with van der Waals surface area (Å²) < 4.78 is 5.52. The Morgan fingerprint density at radius 3 is 2.79 bits per heavy atom. The van der Waals surface area contributed by atoms with Crippen molar-refractivity contribution in [2.75, 3.05) is 6.54 Å². The van der Waals surface area contributed by atoms with Crippen molar-refractivity contribution in [1.29, 1.82) is 0 Å². The minimum atomic E-state index is 0.378. The molecule has 0 saturated carbocycles. The monoisotopic (exact) mass is 197 g/mol. The molecule has 0 spiro atoms.